The zero-order valence-corrected chi connectivity index (χ0v) is 71.0. The fraction of sp³-hybridized carbons (Fsp3) is 0.889. The normalized spacial score (nSPS) is 19.7. The van der Waals surface area contributed by atoms with Crippen molar-refractivity contribution in [3.05, 3.63) is 12.2 Å². The number of hydrogen-bond donors (Lipinski definition) is 0. The van der Waals surface area contributed by atoms with Crippen LogP contribution in [0.5, 0.6) is 0 Å². The lowest BCUT2D eigenvalue weighted by molar-refractivity contribution is -0.361. The molecule has 2 fully saturated rings. The van der Waals surface area contributed by atoms with Gasteiger partial charge in [-0.25, -0.2) is 4.79 Å². The SMILES string of the molecule is C=C(C)C(=O)OCCCCO[C@@H]1O[C@H](COC(=O)CCCCCCCCC)[C@@H](O[C@@H]2O[C@H](COC(=O)CCCCCCCCC)[C@@H](OC(=O)CCCCCCCCC)[C@H](OC(=O)CCCCCCCCC)[C@H]2OC(=O)CCCCCCCCC)[C@H](OC(=O)CCCCCCCCC)[C@H]1OC(=O)CCCCCCCCC. The van der Waals surface area contributed by atoms with Crippen LogP contribution < -0.4 is 0 Å². The van der Waals surface area contributed by atoms with Crippen molar-refractivity contribution in [1.82, 2.24) is 0 Å². The molecular formula is C90H160O20. The Balaban J connectivity index is 3.15. The molecule has 0 aliphatic carbocycles. The minimum atomic E-state index is -1.83. The predicted octanol–water partition coefficient (Wildman–Crippen LogP) is 22.4. The number of unbranched alkanes of at least 4 members (excludes halogenated alkanes) is 43. The maximum absolute atomic E-state index is 14.9. The van der Waals surface area contributed by atoms with E-state index in [9.17, 15) is 38.4 Å². The summed E-state index contributed by atoms with van der Waals surface area (Å²) < 4.78 is 78.6. The first kappa shape index (κ1) is 101. The van der Waals surface area contributed by atoms with Gasteiger partial charge in [-0.3, -0.25) is 33.6 Å². The summed E-state index contributed by atoms with van der Waals surface area (Å²) in [4.78, 5) is 114. The van der Waals surface area contributed by atoms with Crippen molar-refractivity contribution in [3.63, 3.8) is 0 Å². The van der Waals surface area contributed by atoms with Crippen LogP contribution in [0.4, 0.5) is 0 Å². The third kappa shape index (κ3) is 51.2. The molecule has 0 amide bonds. The van der Waals surface area contributed by atoms with Crippen molar-refractivity contribution in [2.24, 2.45) is 0 Å². The second-order valence-corrected chi connectivity index (χ2v) is 31.4. The van der Waals surface area contributed by atoms with Crippen molar-refractivity contribution >= 4 is 47.8 Å². The monoisotopic (exact) mass is 1560 g/mol. The molecule has 0 saturated carbocycles. The minimum absolute atomic E-state index is 0.00177. The third-order valence-corrected chi connectivity index (χ3v) is 20.9. The zero-order chi connectivity index (χ0) is 80.3. The van der Waals surface area contributed by atoms with Crippen LogP contribution in [0.2, 0.25) is 0 Å². The summed E-state index contributed by atoms with van der Waals surface area (Å²) in [6.07, 6.45) is 30.6. The Kier molecular flexibility index (Phi) is 64.4. The quantitative estimate of drug-likeness (QED) is 0.0238. The van der Waals surface area contributed by atoms with Gasteiger partial charge in [-0.1, -0.05) is 325 Å². The van der Waals surface area contributed by atoms with E-state index in [0.29, 0.717) is 57.8 Å². The van der Waals surface area contributed by atoms with E-state index in [0.717, 1.165) is 270 Å². The van der Waals surface area contributed by atoms with Crippen molar-refractivity contribution in [1.29, 1.82) is 0 Å². The second kappa shape index (κ2) is 69.8. The smallest absolute Gasteiger partial charge is 0.333 e. The van der Waals surface area contributed by atoms with Crippen LogP contribution in [0.1, 0.15) is 428 Å². The number of carbonyl (C=O) groups is 8. The molecule has 0 aromatic heterocycles. The van der Waals surface area contributed by atoms with Crippen molar-refractivity contribution in [3.8, 4) is 0 Å². The maximum Gasteiger partial charge on any atom is 0.333 e. The minimum Gasteiger partial charge on any atom is -0.463 e. The number of hydrogen-bond acceptors (Lipinski definition) is 20. The second-order valence-electron chi connectivity index (χ2n) is 31.4. The lowest BCUT2D eigenvalue weighted by Gasteiger charge is -2.49. The molecule has 0 aromatic carbocycles. The summed E-state index contributed by atoms with van der Waals surface area (Å²) in [5.74, 6) is -4.85. The molecular weight excluding hydrogens is 1400 g/mol. The fourth-order valence-electron chi connectivity index (χ4n) is 14.1. The van der Waals surface area contributed by atoms with Crippen molar-refractivity contribution in [2.75, 3.05) is 26.4 Å². The molecule has 0 spiro atoms. The standard InChI is InChI=1S/C90H160O20/c1-10-17-24-31-38-45-52-61-75(91)101-70-73-82(105-77(93)63-54-47-40-33-26-19-12-3)84(106-78(94)64-55-48-41-34-27-20-13-4)87(109-81(97)67-58-51-44-37-30-23-16-7)90(104-73)110-83-74(71-102-76(92)62-53-46-39-32-25-18-11-2)103-89(100-69-60-59-68-99-88(98)72(8)9)86(108-80(96)66-57-50-43-36-29-22-15-6)85(83)107-79(95)65-56-49-42-35-28-21-14-5/h73-74,82-87,89-90H,8,10-71H2,1-7,9H3/t73-,74-,82-,83-,84+,85+,86-,87-,89-,90+/m1/s1. The summed E-state index contributed by atoms with van der Waals surface area (Å²) in [6, 6.07) is 0. The van der Waals surface area contributed by atoms with E-state index in [2.05, 4.69) is 55.0 Å². The zero-order valence-electron chi connectivity index (χ0n) is 71.0. The Hall–Kier alpha value is -4.66. The summed E-state index contributed by atoms with van der Waals surface area (Å²) >= 11 is 0. The third-order valence-electron chi connectivity index (χ3n) is 20.9. The van der Waals surface area contributed by atoms with E-state index in [4.69, 9.17) is 56.8 Å². The fourth-order valence-corrected chi connectivity index (χ4v) is 14.1. The van der Waals surface area contributed by atoms with Crippen LogP contribution in [0.25, 0.3) is 0 Å². The topological polar surface area (TPSA) is 247 Å². The highest BCUT2D eigenvalue weighted by Crippen LogP contribution is 2.37. The number of rotatable bonds is 74. The van der Waals surface area contributed by atoms with Gasteiger partial charge >= 0.3 is 47.8 Å². The molecule has 2 heterocycles. The van der Waals surface area contributed by atoms with Crippen LogP contribution in [0.3, 0.4) is 0 Å². The van der Waals surface area contributed by atoms with E-state index in [1.165, 1.54) is 0 Å². The maximum atomic E-state index is 14.9. The van der Waals surface area contributed by atoms with Crippen LogP contribution in [0.15, 0.2) is 12.2 Å². The molecule has 0 radical (unpaired) electrons. The predicted molar refractivity (Wildman–Crippen MR) is 433 cm³/mol. The molecule has 20 heteroatoms. The highest BCUT2D eigenvalue weighted by atomic mass is 16.8. The Bertz CT molecular complexity index is 2350. The van der Waals surface area contributed by atoms with Gasteiger partial charge in [-0.2, -0.15) is 0 Å². The van der Waals surface area contributed by atoms with E-state index in [1.54, 1.807) is 6.92 Å². The molecule has 2 aliphatic heterocycles. The molecule has 2 rings (SSSR count). The number of ether oxygens (including phenoxy) is 12. The molecule has 0 aromatic rings. The first-order chi connectivity index (χ1) is 53.6. The van der Waals surface area contributed by atoms with E-state index >= 15 is 0 Å². The van der Waals surface area contributed by atoms with Crippen LogP contribution in [-0.2, 0) is 95.2 Å². The lowest BCUT2D eigenvalue weighted by Crippen LogP contribution is -2.67. The molecule has 2 aliphatic rings. The Morgan fingerprint density at radius 2 is 0.491 bits per heavy atom. The van der Waals surface area contributed by atoms with Crippen molar-refractivity contribution < 1.29 is 95.2 Å². The van der Waals surface area contributed by atoms with Gasteiger partial charge in [0.05, 0.1) is 13.2 Å². The van der Waals surface area contributed by atoms with Gasteiger partial charge in [0.25, 0.3) is 0 Å². The molecule has 110 heavy (non-hydrogen) atoms. The van der Waals surface area contributed by atoms with E-state index < -0.39 is 122 Å². The number of esters is 8. The highest BCUT2D eigenvalue weighted by Gasteiger charge is 2.58. The van der Waals surface area contributed by atoms with Gasteiger partial charge in [-0.15, -0.1) is 0 Å². The van der Waals surface area contributed by atoms with E-state index in [-0.39, 0.29) is 63.7 Å². The lowest BCUT2D eigenvalue weighted by atomic mass is 9.95. The first-order valence-electron chi connectivity index (χ1n) is 45.3. The Morgan fingerprint density at radius 1 is 0.255 bits per heavy atom. The molecule has 0 unspecified atom stereocenters. The summed E-state index contributed by atoms with van der Waals surface area (Å²) in [6.45, 7) is 19.4. The largest absolute Gasteiger partial charge is 0.463 e. The van der Waals surface area contributed by atoms with Gasteiger partial charge < -0.3 is 56.8 Å². The molecule has 2 saturated heterocycles. The number of carbonyl (C=O) groups excluding carboxylic acids is 8. The Labute approximate surface area is 667 Å². The van der Waals surface area contributed by atoms with Crippen molar-refractivity contribution in [2.45, 2.75) is 489 Å². The summed E-state index contributed by atoms with van der Waals surface area (Å²) in [5.41, 5.74) is 0.254. The van der Waals surface area contributed by atoms with Crippen LogP contribution in [-0.4, -0.2) is 136 Å². The molecule has 0 bridgehead atoms. The highest BCUT2D eigenvalue weighted by molar-refractivity contribution is 5.86. The van der Waals surface area contributed by atoms with E-state index in [1.807, 2.05) is 0 Å². The van der Waals surface area contributed by atoms with Gasteiger partial charge in [0, 0.05) is 50.5 Å². The molecule has 20 nitrogen and oxygen atoms in total. The summed E-state index contributed by atoms with van der Waals surface area (Å²) in [5, 5.41) is 0. The average molecular weight is 1560 g/mol. The Morgan fingerprint density at radius 3 is 0.800 bits per heavy atom. The molecule has 640 valence electrons. The van der Waals surface area contributed by atoms with Crippen LogP contribution >= 0.6 is 0 Å². The summed E-state index contributed by atoms with van der Waals surface area (Å²) in [7, 11) is 0. The van der Waals surface area contributed by atoms with Gasteiger partial charge in [0.15, 0.2) is 43.1 Å². The average Bonchev–Trinajstić information content (AvgIpc) is 0.768. The van der Waals surface area contributed by atoms with Gasteiger partial charge in [-0.05, 0) is 64.7 Å². The van der Waals surface area contributed by atoms with Gasteiger partial charge in [0.1, 0.15) is 31.5 Å². The van der Waals surface area contributed by atoms with Crippen LogP contribution in [0, 0.1) is 0 Å². The molecule has 0 N–H and O–H groups in total. The first-order valence-corrected chi connectivity index (χ1v) is 45.3. The molecule has 10 atom stereocenters. The van der Waals surface area contributed by atoms with Gasteiger partial charge in [0.2, 0.25) is 0 Å².